The van der Waals surface area contributed by atoms with Gasteiger partial charge in [-0.2, -0.15) is 0 Å². The van der Waals surface area contributed by atoms with Gasteiger partial charge < -0.3 is 15.0 Å². The van der Waals surface area contributed by atoms with Crippen LogP contribution in [0.2, 0.25) is 0 Å². The summed E-state index contributed by atoms with van der Waals surface area (Å²) in [7, 11) is 0. The number of nitrogens with one attached hydrogen (secondary N) is 1. The van der Waals surface area contributed by atoms with Gasteiger partial charge in [-0.05, 0) is 48.7 Å². The summed E-state index contributed by atoms with van der Waals surface area (Å²) in [5.41, 5.74) is 0.875. The third-order valence-electron chi connectivity index (χ3n) is 4.25. The van der Waals surface area contributed by atoms with Crippen LogP contribution < -0.4 is 10.2 Å². The van der Waals surface area contributed by atoms with Crippen LogP contribution in [0.5, 0.6) is 0 Å². The highest BCUT2D eigenvalue weighted by Crippen LogP contribution is 2.24. The maximum atomic E-state index is 12.4. The molecule has 1 saturated heterocycles. The third kappa shape index (κ3) is 4.07. The monoisotopic (exact) mass is 441 g/mol. The number of ether oxygens (including phenoxy) is 1. The average Bonchev–Trinajstić information content (AvgIpc) is 3.24. The standard InChI is InChI=1S/C16H20BrN5O3S/c1-3-25-14(23)13-19-20-16(26-13)21-7-4-11(5-8-21)18-15(24)22-9-6-12(17)10(22)2/h6,9,11H,3-5,7-8H2,1-2H3,(H,18,24). The molecule has 0 aromatic carbocycles. The van der Waals surface area contributed by atoms with Crippen molar-refractivity contribution >= 4 is 44.4 Å². The number of rotatable bonds is 4. The van der Waals surface area contributed by atoms with E-state index in [1.54, 1.807) is 17.7 Å². The molecule has 8 nitrogen and oxygen atoms in total. The number of anilines is 1. The summed E-state index contributed by atoms with van der Waals surface area (Å²) in [6.07, 6.45) is 3.37. The molecule has 140 valence electrons. The van der Waals surface area contributed by atoms with Crippen LogP contribution in [0.3, 0.4) is 0 Å². The molecule has 1 N–H and O–H groups in total. The number of aromatic nitrogens is 3. The van der Waals surface area contributed by atoms with E-state index in [4.69, 9.17) is 4.74 Å². The molecule has 10 heteroatoms. The summed E-state index contributed by atoms with van der Waals surface area (Å²) < 4.78 is 7.46. The van der Waals surface area contributed by atoms with Crippen LogP contribution in [0, 0.1) is 6.92 Å². The number of carbonyl (C=O) groups is 2. The Morgan fingerprint density at radius 1 is 1.38 bits per heavy atom. The van der Waals surface area contributed by atoms with E-state index in [1.165, 1.54) is 11.3 Å². The van der Waals surface area contributed by atoms with Crippen molar-refractivity contribution in [1.29, 1.82) is 0 Å². The molecule has 1 amide bonds. The highest BCUT2D eigenvalue weighted by molar-refractivity contribution is 9.10. The number of amides is 1. The smallest absolute Gasteiger partial charge is 0.369 e. The fourth-order valence-corrected chi connectivity index (χ4v) is 3.88. The number of nitrogens with zero attached hydrogens (tertiary/aromatic N) is 4. The maximum Gasteiger partial charge on any atom is 0.369 e. The van der Waals surface area contributed by atoms with Crippen LogP contribution >= 0.6 is 27.3 Å². The van der Waals surface area contributed by atoms with Crippen LogP contribution in [0.4, 0.5) is 9.93 Å². The summed E-state index contributed by atoms with van der Waals surface area (Å²) in [6, 6.07) is 1.85. The van der Waals surface area contributed by atoms with Crippen molar-refractivity contribution in [2.45, 2.75) is 32.7 Å². The second-order valence-corrected chi connectivity index (χ2v) is 7.75. The van der Waals surface area contributed by atoms with Crippen LogP contribution in [-0.4, -0.2) is 52.5 Å². The molecule has 2 aromatic rings. The zero-order valence-electron chi connectivity index (χ0n) is 14.6. The minimum absolute atomic E-state index is 0.108. The van der Waals surface area contributed by atoms with E-state index in [9.17, 15) is 9.59 Å². The topological polar surface area (TPSA) is 89.3 Å². The number of piperidine rings is 1. The normalized spacial score (nSPS) is 15.1. The van der Waals surface area contributed by atoms with Gasteiger partial charge in [-0.1, -0.05) is 11.3 Å². The van der Waals surface area contributed by atoms with Gasteiger partial charge in [-0.3, -0.25) is 4.57 Å². The first-order valence-electron chi connectivity index (χ1n) is 8.39. The predicted octanol–water partition coefficient (Wildman–Crippen LogP) is 2.81. The second kappa shape index (κ2) is 8.17. The lowest BCUT2D eigenvalue weighted by molar-refractivity contribution is 0.0525. The molecule has 1 aliphatic rings. The van der Waals surface area contributed by atoms with Crippen molar-refractivity contribution in [2.75, 3.05) is 24.6 Å². The Morgan fingerprint density at radius 3 is 2.73 bits per heavy atom. The van der Waals surface area contributed by atoms with Gasteiger partial charge in [0.2, 0.25) is 10.1 Å². The second-order valence-electron chi connectivity index (χ2n) is 5.94. The number of carbonyl (C=O) groups excluding carboxylic acids is 2. The largest absolute Gasteiger partial charge is 0.461 e. The highest BCUT2D eigenvalue weighted by Gasteiger charge is 2.25. The van der Waals surface area contributed by atoms with E-state index in [-0.39, 0.29) is 17.1 Å². The van der Waals surface area contributed by atoms with E-state index in [0.29, 0.717) is 11.7 Å². The van der Waals surface area contributed by atoms with Crippen LogP contribution in [0.15, 0.2) is 16.7 Å². The van der Waals surface area contributed by atoms with Gasteiger partial charge in [0.1, 0.15) is 0 Å². The lowest BCUT2D eigenvalue weighted by atomic mass is 10.1. The molecule has 0 radical (unpaired) electrons. The Balaban J connectivity index is 1.54. The average molecular weight is 442 g/mol. The summed E-state index contributed by atoms with van der Waals surface area (Å²) in [5.74, 6) is -0.438. The lowest BCUT2D eigenvalue weighted by Crippen LogP contribution is -2.46. The molecule has 0 spiro atoms. The molecule has 3 rings (SSSR count). The Bertz CT molecular complexity index is 798. The van der Waals surface area contributed by atoms with Crippen molar-refractivity contribution in [3.8, 4) is 0 Å². The van der Waals surface area contributed by atoms with Crippen molar-refractivity contribution in [1.82, 2.24) is 20.1 Å². The van der Waals surface area contributed by atoms with Crippen molar-refractivity contribution in [3.05, 3.63) is 27.4 Å². The van der Waals surface area contributed by atoms with Crippen molar-refractivity contribution < 1.29 is 14.3 Å². The summed E-state index contributed by atoms with van der Waals surface area (Å²) in [6.45, 7) is 5.46. The van der Waals surface area contributed by atoms with Gasteiger partial charge >= 0.3 is 12.0 Å². The zero-order valence-corrected chi connectivity index (χ0v) is 17.0. The first kappa shape index (κ1) is 18.8. The van der Waals surface area contributed by atoms with E-state index in [0.717, 1.165) is 36.1 Å². The lowest BCUT2D eigenvalue weighted by Gasteiger charge is -2.31. The number of hydrogen-bond donors (Lipinski definition) is 1. The third-order valence-corrected chi connectivity index (χ3v) is 6.06. The van der Waals surface area contributed by atoms with Gasteiger partial charge in [0.15, 0.2) is 0 Å². The van der Waals surface area contributed by atoms with Crippen molar-refractivity contribution in [2.24, 2.45) is 0 Å². The van der Waals surface area contributed by atoms with E-state index in [2.05, 4.69) is 36.3 Å². The van der Waals surface area contributed by atoms with Crippen LogP contribution in [-0.2, 0) is 4.74 Å². The Labute approximate surface area is 163 Å². The van der Waals surface area contributed by atoms with Gasteiger partial charge in [-0.15, -0.1) is 10.2 Å². The maximum absolute atomic E-state index is 12.4. The van der Waals surface area contributed by atoms with Crippen LogP contribution in [0.1, 0.15) is 35.3 Å². The molecule has 26 heavy (non-hydrogen) atoms. The Morgan fingerprint density at radius 2 is 2.12 bits per heavy atom. The fourth-order valence-electron chi connectivity index (χ4n) is 2.79. The Kier molecular flexibility index (Phi) is 5.92. The molecule has 0 aliphatic carbocycles. The number of halogens is 1. The SMILES string of the molecule is CCOC(=O)c1nnc(N2CCC(NC(=O)n3ccc(Br)c3C)CC2)s1. The molecule has 0 bridgehead atoms. The minimum Gasteiger partial charge on any atom is -0.461 e. The predicted molar refractivity (Wildman–Crippen MR) is 102 cm³/mol. The molecule has 0 saturated carbocycles. The van der Waals surface area contributed by atoms with E-state index in [1.807, 2.05) is 13.0 Å². The van der Waals surface area contributed by atoms with Crippen molar-refractivity contribution in [3.63, 3.8) is 0 Å². The fraction of sp³-hybridized carbons (Fsp3) is 0.500. The zero-order chi connectivity index (χ0) is 18.7. The summed E-state index contributed by atoms with van der Waals surface area (Å²) in [5, 5.41) is 12.0. The number of hydrogen-bond acceptors (Lipinski definition) is 7. The molecule has 0 atom stereocenters. The first-order chi connectivity index (χ1) is 12.5. The minimum atomic E-state index is -0.438. The Hall–Kier alpha value is -1.94. The van der Waals surface area contributed by atoms with Gasteiger partial charge in [-0.25, -0.2) is 9.59 Å². The van der Waals surface area contributed by atoms with Gasteiger partial charge in [0.25, 0.3) is 0 Å². The van der Waals surface area contributed by atoms with E-state index < -0.39 is 5.97 Å². The molecule has 0 unspecified atom stereocenters. The first-order valence-corrected chi connectivity index (χ1v) is 10.0. The summed E-state index contributed by atoms with van der Waals surface area (Å²) in [4.78, 5) is 26.2. The van der Waals surface area contributed by atoms with Gasteiger partial charge in [0, 0.05) is 35.5 Å². The quantitative estimate of drug-likeness (QED) is 0.733. The van der Waals surface area contributed by atoms with Crippen LogP contribution in [0.25, 0.3) is 0 Å². The van der Waals surface area contributed by atoms with Gasteiger partial charge in [0.05, 0.1) is 6.61 Å². The molecule has 3 heterocycles. The molecule has 2 aromatic heterocycles. The molecular weight excluding hydrogens is 422 g/mol. The van der Waals surface area contributed by atoms with E-state index >= 15 is 0 Å². The molecule has 1 fully saturated rings. The highest BCUT2D eigenvalue weighted by atomic mass is 79.9. The summed E-state index contributed by atoms with van der Waals surface area (Å²) >= 11 is 4.65. The molecular formula is C16H20BrN5O3S. The molecule has 1 aliphatic heterocycles. The number of esters is 1.